The molecule has 188 valence electrons. The van der Waals surface area contributed by atoms with Crippen molar-refractivity contribution in [3.05, 3.63) is 48.0 Å². The smallest absolute Gasteiger partial charge is 0.265 e. The van der Waals surface area contributed by atoms with Crippen LogP contribution in [-0.4, -0.2) is 75.0 Å². The van der Waals surface area contributed by atoms with E-state index >= 15 is 0 Å². The number of methoxy groups -OCH3 is 1. The van der Waals surface area contributed by atoms with Crippen LogP contribution in [0.15, 0.2) is 42.5 Å². The van der Waals surface area contributed by atoms with Crippen LogP contribution in [0, 0.1) is 0 Å². The molecule has 9 heteroatoms. The lowest BCUT2D eigenvalue weighted by molar-refractivity contribution is -0.127. The minimum Gasteiger partial charge on any atom is -0.493 e. The maximum atomic E-state index is 12.9. The molecule has 2 aromatic rings. The number of nitrogens with zero attached hydrogens (tertiary/aromatic N) is 2. The lowest BCUT2D eigenvalue weighted by Crippen LogP contribution is -2.52. The summed E-state index contributed by atoms with van der Waals surface area (Å²) in [6.45, 7) is 8.42. The van der Waals surface area contributed by atoms with E-state index in [4.69, 9.17) is 14.2 Å². The highest BCUT2D eigenvalue weighted by Crippen LogP contribution is 2.35. The molecule has 0 saturated carbocycles. The zero-order chi connectivity index (χ0) is 25.4. The van der Waals surface area contributed by atoms with Crippen LogP contribution in [0.5, 0.6) is 17.2 Å². The lowest BCUT2D eigenvalue weighted by atomic mass is 10.1. The van der Waals surface area contributed by atoms with Gasteiger partial charge in [0.25, 0.3) is 5.91 Å². The number of anilines is 1. The normalized spacial score (nSPS) is 13.6. The Kier molecular flexibility index (Phi) is 9.08. The van der Waals surface area contributed by atoms with E-state index in [1.165, 1.54) is 12.0 Å². The van der Waals surface area contributed by atoms with Crippen LogP contribution in [0.1, 0.15) is 31.1 Å². The second-order valence-electron chi connectivity index (χ2n) is 8.09. The van der Waals surface area contributed by atoms with Crippen LogP contribution in [-0.2, 0) is 9.59 Å². The first-order valence-electron chi connectivity index (χ1n) is 11.8. The summed E-state index contributed by atoms with van der Waals surface area (Å²) < 4.78 is 16.4. The van der Waals surface area contributed by atoms with Crippen molar-refractivity contribution in [2.75, 3.05) is 51.4 Å². The van der Waals surface area contributed by atoms with Gasteiger partial charge in [-0.25, -0.2) is 0 Å². The van der Waals surface area contributed by atoms with E-state index in [2.05, 4.69) is 24.1 Å². The third-order valence-corrected chi connectivity index (χ3v) is 5.98. The molecule has 0 spiro atoms. The fraction of sp³-hybridized carbons (Fsp3) is 0.423. The number of hydrogen-bond acceptors (Lipinski definition) is 7. The van der Waals surface area contributed by atoms with Gasteiger partial charge in [-0.1, -0.05) is 26.0 Å². The number of nitrogens with one attached hydrogen (secondary N) is 1. The molecule has 1 N–H and O–H groups in total. The number of likely N-dealkylation sites (N-methyl/N-ethyl adjacent to an activating group) is 1. The summed E-state index contributed by atoms with van der Waals surface area (Å²) in [6, 6.07) is 11.1. The van der Waals surface area contributed by atoms with Crippen LogP contribution >= 0.6 is 0 Å². The Balaban J connectivity index is 1.72. The minimum atomic E-state index is -0.767. The van der Waals surface area contributed by atoms with Crippen LogP contribution in [0.25, 0.3) is 0 Å². The van der Waals surface area contributed by atoms with Crippen molar-refractivity contribution in [2.24, 2.45) is 0 Å². The summed E-state index contributed by atoms with van der Waals surface area (Å²) in [7, 11) is 1.53. The average Bonchev–Trinajstić information content (AvgIpc) is 2.89. The highest BCUT2D eigenvalue weighted by molar-refractivity contribution is 6.05. The predicted molar refractivity (Wildman–Crippen MR) is 133 cm³/mol. The Morgan fingerprint density at radius 2 is 1.86 bits per heavy atom. The maximum Gasteiger partial charge on any atom is 0.265 e. The molecule has 1 heterocycles. The monoisotopic (exact) mass is 483 g/mol. The molecule has 0 aromatic heterocycles. The molecule has 3 rings (SSSR count). The number of fused-ring (bicyclic) bond motifs is 1. The zero-order valence-electron chi connectivity index (χ0n) is 20.7. The van der Waals surface area contributed by atoms with E-state index < -0.39 is 6.04 Å². The summed E-state index contributed by atoms with van der Waals surface area (Å²) in [5.41, 5.74) is 0.729. The van der Waals surface area contributed by atoms with Crippen molar-refractivity contribution >= 4 is 23.3 Å². The lowest BCUT2D eigenvalue weighted by Gasteiger charge is -2.33. The summed E-state index contributed by atoms with van der Waals surface area (Å²) in [5.74, 6) is 0.518. The van der Waals surface area contributed by atoms with Gasteiger partial charge in [0.05, 0.1) is 12.8 Å². The van der Waals surface area contributed by atoms with Gasteiger partial charge in [0.2, 0.25) is 5.91 Å². The van der Waals surface area contributed by atoms with Gasteiger partial charge in [-0.3, -0.25) is 19.3 Å². The molecule has 0 radical (unpaired) electrons. The number of rotatable bonds is 12. The predicted octanol–water partition coefficient (Wildman–Crippen LogP) is 2.53. The number of ketones is 1. The number of carbonyl (C=O) groups is 3. The number of hydrogen-bond donors (Lipinski definition) is 1. The quantitative estimate of drug-likeness (QED) is 0.464. The molecule has 1 aliphatic heterocycles. The molecular formula is C26H33N3O6. The highest BCUT2D eigenvalue weighted by atomic mass is 16.5. The molecular weight excluding hydrogens is 450 g/mol. The van der Waals surface area contributed by atoms with Crippen LogP contribution in [0.2, 0.25) is 0 Å². The largest absolute Gasteiger partial charge is 0.493 e. The molecule has 0 saturated heterocycles. The molecule has 2 amide bonds. The van der Waals surface area contributed by atoms with Gasteiger partial charge >= 0.3 is 0 Å². The summed E-state index contributed by atoms with van der Waals surface area (Å²) >= 11 is 0. The highest BCUT2D eigenvalue weighted by Gasteiger charge is 2.33. The fourth-order valence-corrected chi connectivity index (χ4v) is 3.88. The number of Topliss-reactive ketones (excluding diaryl/α,β-unsaturated/α-hetero) is 1. The van der Waals surface area contributed by atoms with Gasteiger partial charge in [0.1, 0.15) is 11.8 Å². The maximum absolute atomic E-state index is 12.9. The second-order valence-corrected chi connectivity index (χ2v) is 8.09. The fourth-order valence-electron chi connectivity index (χ4n) is 3.88. The van der Waals surface area contributed by atoms with E-state index in [9.17, 15) is 14.4 Å². The number of benzene rings is 2. The first-order chi connectivity index (χ1) is 16.9. The van der Waals surface area contributed by atoms with Crippen molar-refractivity contribution in [2.45, 2.75) is 26.8 Å². The molecule has 0 fully saturated rings. The van der Waals surface area contributed by atoms with E-state index in [1.54, 1.807) is 43.3 Å². The first-order valence-corrected chi connectivity index (χ1v) is 11.8. The zero-order valence-corrected chi connectivity index (χ0v) is 20.7. The number of ether oxygens (including phenoxy) is 3. The van der Waals surface area contributed by atoms with Crippen LogP contribution in [0.3, 0.4) is 0 Å². The van der Waals surface area contributed by atoms with Gasteiger partial charge in [-0.2, -0.15) is 0 Å². The van der Waals surface area contributed by atoms with Crippen LogP contribution in [0.4, 0.5) is 5.69 Å². The van der Waals surface area contributed by atoms with Gasteiger partial charge in [0.15, 0.2) is 30.5 Å². The summed E-state index contributed by atoms with van der Waals surface area (Å²) in [4.78, 5) is 42.0. The van der Waals surface area contributed by atoms with Crippen LogP contribution < -0.4 is 24.4 Å². The number of amides is 2. The molecule has 2 aromatic carbocycles. The van der Waals surface area contributed by atoms with Crippen molar-refractivity contribution in [1.82, 2.24) is 10.2 Å². The Hall–Kier alpha value is -3.59. The summed E-state index contributed by atoms with van der Waals surface area (Å²) in [5, 5.41) is 2.90. The third kappa shape index (κ3) is 6.30. The Morgan fingerprint density at radius 1 is 1.14 bits per heavy atom. The Morgan fingerprint density at radius 3 is 2.54 bits per heavy atom. The number of para-hydroxylation sites is 2. The average molecular weight is 484 g/mol. The Labute approximate surface area is 205 Å². The number of carbonyl (C=O) groups excluding carboxylic acids is 3. The molecule has 35 heavy (non-hydrogen) atoms. The van der Waals surface area contributed by atoms with E-state index in [1.807, 2.05) is 6.07 Å². The van der Waals surface area contributed by atoms with Gasteiger partial charge in [0, 0.05) is 18.7 Å². The van der Waals surface area contributed by atoms with Crippen molar-refractivity contribution < 1.29 is 28.6 Å². The summed E-state index contributed by atoms with van der Waals surface area (Å²) in [6.07, 6.45) is 0. The van der Waals surface area contributed by atoms with Gasteiger partial charge < -0.3 is 24.4 Å². The van der Waals surface area contributed by atoms with E-state index in [-0.39, 0.29) is 30.8 Å². The van der Waals surface area contributed by atoms with E-state index in [0.29, 0.717) is 35.0 Å². The molecule has 0 bridgehead atoms. The van der Waals surface area contributed by atoms with Gasteiger partial charge in [-0.15, -0.1) is 0 Å². The third-order valence-electron chi connectivity index (χ3n) is 5.98. The standard InChI is InChI=1S/C26H33N3O6/c1-5-28(6-2)14-13-27-26(32)18(3)29-20-15-19(11-12-22(20)35-17-25(29)31)21(30)16-34-24-10-8-7-9-23(24)33-4/h7-12,15,18H,5-6,13-14,16-17H2,1-4H3,(H,27,32)/t18-/m0/s1. The molecule has 1 atom stereocenters. The molecule has 0 unspecified atom stereocenters. The van der Waals surface area contributed by atoms with E-state index in [0.717, 1.165) is 19.6 Å². The molecule has 0 aliphatic carbocycles. The van der Waals surface area contributed by atoms with Crippen molar-refractivity contribution in [3.63, 3.8) is 0 Å². The van der Waals surface area contributed by atoms with Crippen molar-refractivity contribution in [3.8, 4) is 17.2 Å². The van der Waals surface area contributed by atoms with Crippen molar-refractivity contribution in [1.29, 1.82) is 0 Å². The minimum absolute atomic E-state index is 0.172. The SMILES string of the molecule is CCN(CC)CCNC(=O)[C@H](C)N1C(=O)COc2ccc(C(=O)COc3ccccc3OC)cc21. The molecule has 1 aliphatic rings. The van der Waals surface area contributed by atoms with Gasteiger partial charge in [-0.05, 0) is 50.3 Å². The molecule has 9 nitrogen and oxygen atoms in total. The first kappa shape index (κ1) is 26.0. The topological polar surface area (TPSA) is 97.4 Å². The second kappa shape index (κ2) is 12.2. The Bertz CT molecular complexity index is 1050.